The molecule has 238 valence electrons. The molecule has 7 aromatic carbocycles. The van der Waals surface area contributed by atoms with Crippen LogP contribution in [0.1, 0.15) is 0 Å². The van der Waals surface area contributed by atoms with Gasteiger partial charge in [-0.15, -0.1) is 0 Å². The normalized spacial score (nSPS) is 11.3. The van der Waals surface area contributed by atoms with E-state index in [0.29, 0.717) is 22.5 Å². The Bertz CT molecular complexity index is 2220. The number of halogens is 1. The number of rotatable bonds is 8. The van der Waals surface area contributed by atoms with Crippen molar-refractivity contribution in [3.05, 3.63) is 199 Å². The molecule has 1 heterocycles. The first-order valence-corrected chi connectivity index (χ1v) is 19.0. The molecule has 50 heavy (non-hydrogen) atoms. The third kappa shape index (κ3) is 5.96. The molecule has 8 aromatic rings. The Kier molecular flexibility index (Phi) is 8.70. The second-order valence-corrected chi connectivity index (χ2v) is 16.4. The van der Waals surface area contributed by atoms with Crippen LogP contribution in [-0.4, -0.2) is 23.0 Å². The molecule has 0 bridgehead atoms. The van der Waals surface area contributed by atoms with Crippen molar-refractivity contribution in [3.63, 3.8) is 0 Å². The molecule has 0 spiro atoms. The lowest BCUT2D eigenvalue weighted by molar-refractivity contribution is 1.07. The van der Waals surface area contributed by atoms with E-state index >= 15 is 0 Å². The fourth-order valence-corrected chi connectivity index (χ4v) is 11.8. The molecular weight excluding hydrogens is 646 g/mol. The van der Waals surface area contributed by atoms with Gasteiger partial charge in [-0.05, 0) is 44.0 Å². The molecule has 0 saturated carbocycles. The van der Waals surface area contributed by atoms with Crippen LogP contribution in [0.2, 0.25) is 5.02 Å². The van der Waals surface area contributed by atoms with E-state index in [1.54, 1.807) is 0 Å². The van der Waals surface area contributed by atoms with Gasteiger partial charge in [-0.25, -0.2) is 15.0 Å². The first-order valence-electron chi connectivity index (χ1n) is 16.6. The van der Waals surface area contributed by atoms with E-state index in [2.05, 4.69) is 121 Å². The largest absolute Gasteiger partial charge is 0.208 e. The molecule has 0 radical (unpaired) electrons. The highest BCUT2D eigenvalue weighted by Crippen LogP contribution is 2.34. The number of aromatic nitrogens is 3. The van der Waals surface area contributed by atoms with Gasteiger partial charge in [-0.2, -0.15) is 0 Å². The molecule has 8 rings (SSSR count). The number of benzene rings is 7. The Morgan fingerprint density at radius 3 is 1.20 bits per heavy atom. The highest BCUT2D eigenvalue weighted by atomic mass is 35.5. The van der Waals surface area contributed by atoms with Crippen LogP contribution >= 0.6 is 11.6 Å². The monoisotopic (exact) mass is 677 g/mol. The van der Waals surface area contributed by atoms with E-state index in [9.17, 15) is 0 Å². The topological polar surface area (TPSA) is 38.7 Å². The molecule has 1 aromatic heterocycles. The van der Waals surface area contributed by atoms with Crippen LogP contribution in [0.15, 0.2) is 194 Å². The number of hydrogen-bond acceptors (Lipinski definition) is 3. The lowest BCUT2D eigenvalue weighted by Gasteiger charge is -2.34. The second kappa shape index (κ2) is 13.9. The van der Waals surface area contributed by atoms with E-state index in [-0.39, 0.29) is 0 Å². The van der Waals surface area contributed by atoms with Gasteiger partial charge in [0.25, 0.3) is 0 Å². The average Bonchev–Trinajstić information content (AvgIpc) is 3.20. The number of nitrogens with zero attached hydrogens (tertiary/aromatic N) is 3. The van der Waals surface area contributed by atoms with Gasteiger partial charge < -0.3 is 0 Å². The maximum absolute atomic E-state index is 6.75. The summed E-state index contributed by atoms with van der Waals surface area (Å²) in [4.78, 5) is 15.1. The minimum Gasteiger partial charge on any atom is -0.208 e. The van der Waals surface area contributed by atoms with Crippen molar-refractivity contribution >= 4 is 40.4 Å². The Labute approximate surface area is 298 Å². The third-order valence-electron chi connectivity index (χ3n) is 9.15. The molecule has 3 nitrogen and oxygen atoms in total. The van der Waals surface area contributed by atoms with Crippen molar-refractivity contribution < 1.29 is 0 Å². The maximum Gasteiger partial charge on any atom is 0.179 e. The summed E-state index contributed by atoms with van der Waals surface area (Å²) in [7, 11) is -2.75. The molecule has 0 fully saturated rings. The Morgan fingerprint density at radius 2 is 0.720 bits per heavy atom. The van der Waals surface area contributed by atoms with Crippen molar-refractivity contribution in [1.29, 1.82) is 0 Å². The van der Waals surface area contributed by atoms with Gasteiger partial charge >= 0.3 is 0 Å². The minimum absolute atomic E-state index is 0.568. The molecular formula is C45H32ClN3Si. The summed E-state index contributed by atoms with van der Waals surface area (Å²) in [6.45, 7) is 0. The van der Waals surface area contributed by atoms with Gasteiger partial charge in [-0.1, -0.05) is 194 Å². The first kappa shape index (κ1) is 31.3. The van der Waals surface area contributed by atoms with Gasteiger partial charge in [0.05, 0.1) is 0 Å². The summed E-state index contributed by atoms with van der Waals surface area (Å²) >= 11 is 6.75. The van der Waals surface area contributed by atoms with Crippen LogP contribution in [0.5, 0.6) is 0 Å². The molecule has 0 atom stereocenters. The molecule has 0 aliphatic carbocycles. The highest BCUT2D eigenvalue weighted by molar-refractivity contribution is 7.19. The quantitative estimate of drug-likeness (QED) is 0.120. The van der Waals surface area contributed by atoms with Crippen molar-refractivity contribution in [2.24, 2.45) is 0 Å². The Hall–Kier alpha value is -5.94. The zero-order valence-electron chi connectivity index (χ0n) is 27.2. The average molecular weight is 678 g/mol. The summed E-state index contributed by atoms with van der Waals surface area (Å²) in [6, 6.07) is 68.0. The summed E-state index contributed by atoms with van der Waals surface area (Å²) in [6.07, 6.45) is 0. The molecule has 0 amide bonds. The Balaban J connectivity index is 1.36. The second-order valence-electron chi connectivity index (χ2n) is 12.2. The Morgan fingerprint density at radius 1 is 0.320 bits per heavy atom. The minimum atomic E-state index is -2.75. The predicted octanol–water partition coefficient (Wildman–Crippen LogP) is 8.57. The summed E-state index contributed by atoms with van der Waals surface area (Å²) < 4.78 is 0. The summed E-state index contributed by atoms with van der Waals surface area (Å²) in [5, 5.41) is 5.87. The fourth-order valence-electron chi connectivity index (χ4n) is 6.87. The third-order valence-corrected chi connectivity index (χ3v) is 14.2. The van der Waals surface area contributed by atoms with Crippen molar-refractivity contribution in [1.82, 2.24) is 15.0 Å². The van der Waals surface area contributed by atoms with Gasteiger partial charge in [-0.3, -0.25) is 0 Å². The molecule has 5 heteroatoms. The van der Waals surface area contributed by atoms with Crippen molar-refractivity contribution in [2.45, 2.75) is 0 Å². The molecule has 0 unspecified atom stereocenters. The number of hydrogen-bond donors (Lipinski definition) is 0. The van der Waals surface area contributed by atoms with Gasteiger partial charge in [0.15, 0.2) is 25.5 Å². The zero-order chi connectivity index (χ0) is 33.8. The van der Waals surface area contributed by atoms with Crippen LogP contribution in [0.3, 0.4) is 0 Å². The van der Waals surface area contributed by atoms with Gasteiger partial charge in [0.2, 0.25) is 0 Å². The van der Waals surface area contributed by atoms with Crippen LogP contribution in [0.4, 0.5) is 0 Å². The van der Waals surface area contributed by atoms with Gasteiger partial charge in [0.1, 0.15) is 0 Å². The molecule has 0 N–H and O–H groups in total. The van der Waals surface area contributed by atoms with Crippen molar-refractivity contribution in [3.8, 4) is 45.3 Å². The lowest BCUT2D eigenvalue weighted by Crippen LogP contribution is -2.74. The highest BCUT2D eigenvalue weighted by Gasteiger charge is 2.41. The van der Waals surface area contributed by atoms with Crippen LogP contribution in [-0.2, 0) is 0 Å². The van der Waals surface area contributed by atoms with E-state index in [1.807, 2.05) is 72.8 Å². The molecule has 0 saturated heterocycles. The summed E-state index contributed by atoms with van der Waals surface area (Å²) in [5.74, 6) is 1.79. The van der Waals surface area contributed by atoms with Crippen LogP contribution in [0.25, 0.3) is 45.3 Å². The van der Waals surface area contributed by atoms with E-state index in [0.717, 1.165) is 27.8 Å². The summed E-state index contributed by atoms with van der Waals surface area (Å²) in [5.41, 5.74) is 4.75. The van der Waals surface area contributed by atoms with Crippen LogP contribution < -0.4 is 20.7 Å². The van der Waals surface area contributed by atoms with E-state index in [1.165, 1.54) is 20.7 Å². The molecule has 0 aliphatic rings. The zero-order valence-corrected chi connectivity index (χ0v) is 29.0. The van der Waals surface area contributed by atoms with E-state index in [4.69, 9.17) is 26.6 Å². The fraction of sp³-hybridized carbons (Fsp3) is 0. The predicted molar refractivity (Wildman–Crippen MR) is 210 cm³/mol. The van der Waals surface area contributed by atoms with E-state index < -0.39 is 8.07 Å². The maximum atomic E-state index is 6.75. The van der Waals surface area contributed by atoms with Crippen molar-refractivity contribution in [2.75, 3.05) is 0 Å². The lowest BCUT2D eigenvalue weighted by atomic mass is 9.99. The SMILES string of the molecule is Clc1ccc(-c2cccc([Si](c3ccccc3)(c3ccccc3)c3ccccc3)c2)c(-c2nc(-c3ccccc3)nc(-c3ccccc3)n2)c1. The van der Waals surface area contributed by atoms with Crippen LogP contribution in [0, 0.1) is 0 Å². The standard InChI is InChI=1S/C45H32ClN3Si/c46-36-29-30-41(42(32-36)45-48-43(33-17-6-1-7-18-33)47-44(49-45)34-19-8-2-9-20-34)35-21-16-28-40(31-35)50(37-22-10-3-11-23-37,38-24-12-4-13-25-38)39-26-14-5-15-27-39/h1-32H. The molecule has 0 aliphatic heterocycles. The first-order chi connectivity index (χ1) is 24.7. The van der Waals surface area contributed by atoms with Gasteiger partial charge in [0, 0.05) is 21.7 Å². The smallest absolute Gasteiger partial charge is 0.179 e.